The van der Waals surface area contributed by atoms with E-state index >= 15 is 0 Å². The molecule has 1 heterocycles. The van der Waals surface area contributed by atoms with Gasteiger partial charge in [0.05, 0.1) is 5.84 Å². The van der Waals surface area contributed by atoms with Crippen molar-refractivity contribution in [3.05, 3.63) is 12.2 Å². The molecule has 0 aliphatic carbocycles. The molecule has 0 amide bonds. The largest absolute Gasteiger partial charge is 0.388 e. The smallest absolute Gasteiger partial charge is 0.213 e. The summed E-state index contributed by atoms with van der Waals surface area (Å²) in [5.74, 6) is 1.24. The van der Waals surface area contributed by atoms with Crippen LogP contribution in [0.4, 0.5) is 0 Å². The molecular formula is C6H10N4O. The fraction of sp³-hybridized carbons (Fsp3) is 0.500. The Hall–Kier alpha value is -1.39. The standard InChI is InChI=1S/C6H10N4O/c1-5(7)8-3-2-6-9-4-11-10-6/h4H,2-3H2,1H3,(H2,7,8). The number of nitrogens with zero attached hydrogens (tertiary/aromatic N) is 3. The van der Waals surface area contributed by atoms with Gasteiger partial charge in [0.2, 0.25) is 6.39 Å². The van der Waals surface area contributed by atoms with Gasteiger partial charge >= 0.3 is 0 Å². The summed E-state index contributed by atoms with van der Waals surface area (Å²) in [6.07, 6.45) is 1.97. The Morgan fingerprint density at radius 1 is 1.82 bits per heavy atom. The van der Waals surface area contributed by atoms with Crippen molar-refractivity contribution in [2.24, 2.45) is 10.7 Å². The molecule has 11 heavy (non-hydrogen) atoms. The van der Waals surface area contributed by atoms with Gasteiger partial charge in [-0.05, 0) is 6.92 Å². The van der Waals surface area contributed by atoms with E-state index in [1.54, 1.807) is 6.92 Å². The number of nitrogens with two attached hydrogens (primary N) is 1. The average Bonchev–Trinajstić information content (AvgIpc) is 2.39. The Morgan fingerprint density at radius 3 is 3.18 bits per heavy atom. The number of aliphatic imine (C=N–C) groups is 1. The lowest BCUT2D eigenvalue weighted by atomic mass is 10.4. The topological polar surface area (TPSA) is 77.3 Å². The summed E-state index contributed by atoms with van der Waals surface area (Å²) < 4.78 is 4.53. The van der Waals surface area contributed by atoms with Gasteiger partial charge in [-0.3, -0.25) is 4.99 Å². The molecule has 0 saturated carbocycles. The third-order valence-electron chi connectivity index (χ3n) is 1.10. The van der Waals surface area contributed by atoms with Crippen molar-refractivity contribution in [3.63, 3.8) is 0 Å². The third kappa shape index (κ3) is 2.79. The fourth-order valence-electron chi connectivity index (χ4n) is 0.635. The van der Waals surface area contributed by atoms with Crippen LogP contribution in [0.3, 0.4) is 0 Å². The first-order chi connectivity index (χ1) is 5.29. The highest BCUT2D eigenvalue weighted by Gasteiger charge is 1.95. The summed E-state index contributed by atoms with van der Waals surface area (Å²) in [6, 6.07) is 0. The first-order valence-electron chi connectivity index (χ1n) is 3.31. The molecule has 0 unspecified atom stereocenters. The van der Waals surface area contributed by atoms with Crippen LogP contribution in [-0.2, 0) is 6.42 Å². The zero-order chi connectivity index (χ0) is 8.10. The quantitative estimate of drug-likeness (QED) is 0.490. The second-order valence-corrected chi connectivity index (χ2v) is 2.12. The van der Waals surface area contributed by atoms with Crippen molar-refractivity contribution in [2.75, 3.05) is 6.54 Å². The summed E-state index contributed by atoms with van der Waals surface area (Å²) in [5, 5.41) is 3.62. The van der Waals surface area contributed by atoms with Crippen LogP contribution in [0.1, 0.15) is 12.7 Å². The lowest BCUT2D eigenvalue weighted by Gasteiger charge is -1.89. The van der Waals surface area contributed by atoms with E-state index in [4.69, 9.17) is 5.73 Å². The van der Waals surface area contributed by atoms with Crippen molar-refractivity contribution in [2.45, 2.75) is 13.3 Å². The van der Waals surface area contributed by atoms with E-state index in [9.17, 15) is 0 Å². The van der Waals surface area contributed by atoms with Gasteiger partial charge in [-0.2, -0.15) is 4.98 Å². The number of hydrogen-bond donors (Lipinski definition) is 1. The molecule has 0 atom stereocenters. The second kappa shape index (κ2) is 3.70. The van der Waals surface area contributed by atoms with E-state index in [0.29, 0.717) is 24.6 Å². The predicted octanol–water partition coefficient (Wildman–Crippen LogP) is -0.0108. The minimum atomic E-state index is 0.577. The third-order valence-corrected chi connectivity index (χ3v) is 1.10. The Labute approximate surface area is 64.3 Å². The molecule has 0 aromatic carbocycles. The van der Waals surface area contributed by atoms with Crippen LogP contribution in [0.2, 0.25) is 0 Å². The molecule has 1 rings (SSSR count). The molecule has 2 N–H and O–H groups in total. The lowest BCUT2D eigenvalue weighted by Crippen LogP contribution is -2.07. The molecule has 0 aliphatic rings. The van der Waals surface area contributed by atoms with Crippen molar-refractivity contribution in [1.82, 2.24) is 10.1 Å². The first-order valence-corrected chi connectivity index (χ1v) is 3.31. The highest BCUT2D eigenvalue weighted by atomic mass is 16.5. The van der Waals surface area contributed by atoms with Gasteiger partial charge in [0, 0.05) is 13.0 Å². The fourth-order valence-corrected chi connectivity index (χ4v) is 0.635. The molecule has 0 aliphatic heterocycles. The zero-order valence-electron chi connectivity index (χ0n) is 6.32. The summed E-state index contributed by atoms with van der Waals surface area (Å²) >= 11 is 0. The Morgan fingerprint density at radius 2 is 2.64 bits per heavy atom. The van der Waals surface area contributed by atoms with Gasteiger partial charge in [0.1, 0.15) is 0 Å². The van der Waals surface area contributed by atoms with Crippen molar-refractivity contribution in [1.29, 1.82) is 0 Å². The summed E-state index contributed by atoms with van der Waals surface area (Å²) in [7, 11) is 0. The monoisotopic (exact) mass is 154 g/mol. The number of hydrogen-bond acceptors (Lipinski definition) is 4. The minimum absolute atomic E-state index is 0.577. The van der Waals surface area contributed by atoms with E-state index in [0.717, 1.165) is 0 Å². The molecular weight excluding hydrogens is 144 g/mol. The van der Waals surface area contributed by atoms with Crippen LogP contribution in [0.15, 0.2) is 15.9 Å². The van der Waals surface area contributed by atoms with Crippen molar-refractivity contribution >= 4 is 5.84 Å². The van der Waals surface area contributed by atoms with Gasteiger partial charge in [-0.25, -0.2) is 0 Å². The normalized spacial score (nSPS) is 11.9. The summed E-state index contributed by atoms with van der Waals surface area (Å²) in [6.45, 7) is 2.36. The Kier molecular flexibility index (Phi) is 2.59. The maximum absolute atomic E-state index is 5.32. The first kappa shape index (κ1) is 7.71. The predicted molar refractivity (Wildman–Crippen MR) is 40.2 cm³/mol. The lowest BCUT2D eigenvalue weighted by molar-refractivity contribution is 0.410. The highest BCUT2D eigenvalue weighted by molar-refractivity contribution is 5.77. The van der Waals surface area contributed by atoms with E-state index in [-0.39, 0.29) is 0 Å². The maximum Gasteiger partial charge on any atom is 0.213 e. The van der Waals surface area contributed by atoms with Crippen molar-refractivity contribution in [3.8, 4) is 0 Å². The van der Waals surface area contributed by atoms with Gasteiger partial charge in [-0.15, -0.1) is 0 Å². The minimum Gasteiger partial charge on any atom is -0.388 e. The van der Waals surface area contributed by atoms with Gasteiger partial charge < -0.3 is 10.3 Å². The van der Waals surface area contributed by atoms with Gasteiger partial charge in [-0.1, -0.05) is 5.16 Å². The number of amidine groups is 1. The molecule has 0 radical (unpaired) electrons. The van der Waals surface area contributed by atoms with Crippen LogP contribution in [0, 0.1) is 0 Å². The molecule has 0 bridgehead atoms. The summed E-state index contributed by atoms with van der Waals surface area (Å²) in [5.41, 5.74) is 5.32. The van der Waals surface area contributed by atoms with E-state index < -0.39 is 0 Å². The molecule has 0 saturated heterocycles. The van der Waals surface area contributed by atoms with Crippen LogP contribution < -0.4 is 5.73 Å². The summed E-state index contributed by atoms with van der Waals surface area (Å²) in [4.78, 5) is 7.80. The zero-order valence-corrected chi connectivity index (χ0v) is 6.32. The van der Waals surface area contributed by atoms with Gasteiger partial charge in [0.15, 0.2) is 5.82 Å². The SMILES string of the molecule is CC(N)=NCCc1ncon1. The Bertz CT molecular complexity index is 225. The highest BCUT2D eigenvalue weighted by Crippen LogP contribution is 1.89. The van der Waals surface area contributed by atoms with E-state index in [1.165, 1.54) is 6.39 Å². The van der Waals surface area contributed by atoms with Crippen LogP contribution in [-0.4, -0.2) is 22.5 Å². The molecule has 1 aromatic rings. The van der Waals surface area contributed by atoms with Crippen LogP contribution in [0.25, 0.3) is 0 Å². The van der Waals surface area contributed by atoms with Crippen LogP contribution in [0.5, 0.6) is 0 Å². The molecule has 0 spiro atoms. The number of aromatic nitrogens is 2. The Balaban J connectivity index is 2.30. The maximum atomic E-state index is 5.32. The van der Waals surface area contributed by atoms with Gasteiger partial charge in [0.25, 0.3) is 0 Å². The molecule has 5 heteroatoms. The molecule has 0 fully saturated rings. The average molecular weight is 154 g/mol. The van der Waals surface area contributed by atoms with Crippen molar-refractivity contribution < 1.29 is 4.52 Å². The van der Waals surface area contributed by atoms with E-state index in [1.807, 2.05) is 0 Å². The van der Waals surface area contributed by atoms with Crippen LogP contribution >= 0.6 is 0 Å². The number of rotatable bonds is 3. The molecule has 60 valence electrons. The molecule has 1 aromatic heterocycles. The molecule has 5 nitrogen and oxygen atoms in total. The van der Waals surface area contributed by atoms with E-state index in [2.05, 4.69) is 19.7 Å². The second-order valence-electron chi connectivity index (χ2n) is 2.12.